The van der Waals surface area contributed by atoms with Gasteiger partial charge in [0.1, 0.15) is 0 Å². The Balaban J connectivity index is 1.59. The fraction of sp³-hybridized carbons (Fsp3) is 0.545. The molecule has 2 heterocycles. The maximum atomic E-state index is 12.4. The van der Waals surface area contributed by atoms with Crippen LogP contribution in [0.4, 0.5) is 4.79 Å². The number of rotatable bonds is 5. The maximum Gasteiger partial charge on any atom is 0.315 e. The Morgan fingerprint density at radius 1 is 1.25 bits per heavy atom. The summed E-state index contributed by atoms with van der Waals surface area (Å²) >= 11 is 0. The number of urea groups is 1. The Kier molecular flexibility index (Phi) is 6.08. The van der Waals surface area contributed by atoms with Crippen LogP contribution in [0.5, 0.6) is 0 Å². The van der Waals surface area contributed by atoms with Crippen molar-refractivity contribution in [2.75, 3.05) is 13.1 Å². The second-order valence-electron chi connectivity index (χ2n) is 8.90. The van der Waals surface area contributed by atoms with Crippen LogP contribution < -0.4 is 10.6 Å². The smallest absolute Gasteiger partial charge is 0.315 e. The van der Waals surface area contributed by atoms with Gasteiger partial charge in [-0.3, -0.25) is 4.90 Å². The molecular formula is C22H33N5O. The van der Waals surface area contributed by atoms with Gasteiger partial charge >= 0.3 is 6.03 Å². The van der Waals surface area contributed by atoms with Crippen molar-refractivity contribution < 1.29 is 4.79 Å². The van der Waals surface area contributed by atoms with E-state index in [0.29, 0.717) is 12.5 Å². The molecule has 0 saturated carbocycles. The Bertz CT molecular complexity index is 791. The van der Waals surface area contributed by atoms with E-state index in [1.807, 2.05) is 41.2 Å². The van der Waals surface area contributed by atoms with Crippen LogP contribution in [0.15, 0.2) is 36.5 Å². The van der Waals surface area contributed by atoms with E-state index in [0.717, 1.165) is 36.5 Å². The number of likely N-dealkylation sites (tertiary alicyclic amines) is 1. The van der Waals surface area contributed by atoms with Gasteiger partial charge in [-0.1, -0.05) is 32.0 Å². The minimum Gasteiger partial charge on any atom is -0.334 e. The zero-order valence-corrected chi connectivity index (χ0v) is 17.7. The molecule has 1 atom stereocenters. The third-order valence-electron chi connectivity index (χ3n) is 5.30. The standard InChI is InChI=1S/C22H33N5O/c1-16(2)20-17(14-27(25-20)19-9-7-6-8-10-19)13-23-21(28)24-18-11-12-26(15-18)22(3,4)5/h6-10,14,16,18H,11-13,15H2,1-5H3,(H2,23,24,28). The highest BCUT2D eigenvalue weighted by atomic mass is 16.2. The maximum absolute atomic E-state index is 12.4. The summed E-state index contributed by atoms with van der Waals surface area (Å²) < 4.78 is 1.89. The van der Waals surface area contributed by atoms with Gasteiger partial charge < -0.3 is 10.6 Å². The number of amides is 2. The molecule has 1 aromatic carbocycles. The van der Waals surface area contributed by atoms with E-state index in [4.69, 9.17) is 5.10 Å². The van der Waals surface area contributed by atoms with Gasteiger partial charge in [0, 0.05) is 43.0 Å². The normalized spacial score (nSPS) is 17.9. The first-order valence-electron chi connectivity index (χ1n) is 10.2. The molecule has 0 spiro atoms. The minimum absolute atomic E-state index is 0.108. The largest absolute Gasteiger partial charge is 0.334 e. The molecule has 2 aromatic rings. The number of hydrogen-bond donors (Lipinski definition) is 2. The Morgan fingerprint density at radius 3 is 2.57 bits per heavy atom. The van der Waals surface area contributed by atoms with E-state index in [1.165, 1.54) is 0 Å². The monoisotopic (exact) mass is 383 g/mol. The van der Waals surface area contributed by atoms with Gasteiger partial charge in [0.2, 0.25) is 0 Å². The van der Waals surface area contributed by atoms with E-state index >= 15 is 0 Å². The van der Waals surface area contributed by atoms with Crippen molar-refractivity contribution >= 4 is 6.03 Å². The van der Waals surface area contributed by atoms with Crippen molar-refractivity contribution in [3.8, 4) is 5.69 Å². The van der Waals surface area contributed by atoms with Gasteiger partial charge in [0.15, 0.2) is 0 Å². The molecule has 1 aliphatic heterocycles. The molecule has 3 rings (SSSR count). The van der Waals surface area contributed by atoms with E-state index in [2.05, 4.69) is 50.2 Å². The lowest BCUT2D eigenvalue weighted by Crippen LogP contribution is -2.45. The summed E-state index contributed by atoms with van der Waals surface area (Å²) in [4.78, 5) is 14.8. The lowest BCUT2D eigenvalue weighted by Gasteiger charge is -2.31. The van der Waals surface area contributed by atoms with Crippen molar-refractivity contribution in [3.63, 3.8) is 0 Å². The molecule has 1 fully saturated rings. The Hall–Kier alpha value is -2.34. The number of carbonyl (C=O) groups excluding carboxylic acids is 1. The lowest BCUT2D eigenvalue weighted by molar-refractivity contribution is 0.170. The highest BCUT2D eigenvalue weighted by Crippen LogP contribution is 2.21. The molecule has 1 saturated heterocycles. The van der Waals surface area contributed by atoms with Crippen molar-refractivity contribution in [2.45, 2.75) is 65.1 Å². The predicted octanol–water partition coefficient (Wildman–Crippen LogP) is 3.67. The summed E-state index contributed by atoms with van der Waals surface area (Å²) in [5.74, 6) is 0.292. The quantitative estimate of drug-likeness (QED) is 0.828. The zero-order chi connectivity index (χ0) is 20.3. The van der Waals surface area contributed by atoms with Crippen LogP contribution in [-0.2, 0) is 6.54 Å². The molecule has 0 aliphatic carbocycles. The molecule has 152 valence electrons. The molecule has 0 bridgehead atoms. The van der Waals surface area contributed by atoms with Crippen LogP contribution in [-0.4, -0.2) is 45.4 Å². The van der Waals surface area contributed by atoms with Crippen LogP contribution in [0.3, 0.4) is 0 Å². The van der Waals surface area contributed by atoms with Crippen molar-refractivity contribution in [3.05, 3.63) is 47.8 Å². The van der Waals surface area contributed by atoms with Gasteiger partial charge in [-0.05, 0) is 45.2 Å². The van der Waals surface area contributed by atoms with Crippen molar-refractivity contribution in [1.82, 2.24) is 25.3 Å². The number of aromatic nitrogens is 2. The van der Waals surface area contributed by atoms with E-state index in [1.54, 1.807) is 0 Å². The highest BCUT2D eigenvalue weighted by molar-refractivity contribution is 5.74. The summed E-state index contributed by atoms with van der Waals surface area (Å²) in [6.07, 6.45) is 3.01. The molecule has 0 radical (unpaired) electrons. The summed E-state index contributed by atoms with van der Waals surface area (Å²) in [6, 6.07) is 10.1. The molecule has 1 aliphatic rings. The average molecular weight is 384 g/mol. The van der Waals surface area contributed by atoms with Gasteiger partial charge in [0.25, 0.3) is 0 Å². The van der Waals surface area contributed by atoms with Gasteiger partial charge in [0.05, 0.1) is 11.4 Å². The third kappa shape index (κ3) is 4.93. The Labute approximate surface area is 168 Å². The minimum atomic E-state index is -0.108. The number of carbonyl (C=O) groups is 1. The number of hydrogen-bond acceptors (Lipinski definition) is 3. The van der Waals surface area contributed by atoms with E-state index < -0.39 is 0 Å². The average Bonchev–Trinajstić information content (AvgIpc) is 3.27. The van der Waals surface area contributed by atoms with Crippen LogP contribution in [0, 0.1) is 0 Å². The fourth-order valence-corrected chi connectivity index (χ4v) is 3.66. The second-order valence-corrected chi connectivity index (χ2v) is 8.90. The summed E-state index contributed by atoms with van der Waals surface area (Å²) in [5, 5.41) is 10.9. The summed E-state index contributed by atoms with van der Waals surface area (Å²) in [6.45, 7) is 13.3. The van der Waals surface area contributed by atoms with Crippen LogP contribution in [0.2, 0.25) is 0 Å². The van der Waals surface area contributed by atoms with Crippen molar-refractivity contribution in [2.24, 2.45) is 0 Å². The van der Waals surface area contributed by atoms with Gasteiger partial charge in [-0.2, -0.15) is 5.10 Å². The molecule has 6 nitrogen and oxygen atoms in total. The zero-order valence-electron chi connectivity index (χ0n) is 17.7. The SMILES string of the molecule is CC(C)c1nn(-c2ccccc2)cc1CNC(=O)NC1CCN(C(C)(C)C)C1. The van der Waals surface area contributed by atoms with E-state index in [-0.39, 0.29) is 17.6 Å². The first kappa shape index (κ1) is 20.4. The summed E-state index contributed by atoms with van der Waals surface area (Å²) in [5.41, 5.74) is 3.24. The molecule has 6 heteroatoms. The van der Waals surface area contributed by atoms with E-state index in [9.17, 15) is 4.79 Å². The summed E-state index contributed by atoms with van der Waals surface area (Å²) in [7, 11) is 0. The Morgan fingerprint density at radius 2 is 1.96 bits per heavy atom. The highest BCUT2D eigenvalue weighted by Gasteiger charge is 2.30. The number of benzene rings is 1. The van der Waals surface area contributed by atoms with Gasteiger partial charge in [-0.15, -0.1) is 0 Å². The number of para-hydroxylation sites is 1. The van der Waals surface area contributed by atoms with Gasteiger partial charge in [-0.25, -0.2) is 9.48 Å². The van der Waals surface area contributed by atoms with Crippen LogP contribution in [0.25, 0.3) is 5.69 Å². The molecule has 2 amide bonds. The second kappa shape index (κ2) is 8.35. The fourth-order valence-electron chi connectivity index (χ4n) is 3.66. The number of nitrogens with one attached hydrogen (secondary N) is 2. The first-order chi connectivity index (χ1) is 13.2. The molecule has 28 heavy (non-hydrogen) atoms. The third-order valence-corrected chi connectivity index (χ3v) is 5.30. The number of nitrogens with zero attached hydrogens (tertiary/aromatic N) is 3. The molecule has 2 N–H and O–H groups in total. The molecule has 1 aromatic heterocycles. The molecule has 1 unspecified atom stereocenters. The molecular weight excluding hydrogens is 350 g/mol. The predicted molar refractivity (Wildman–Crippen MR) is 113 cm³/mol. The van der Waals surface area contributed by atoms with Crippen LogP contribution >= 0.6 is 0 Å². The lowest BCUT2D eigenvalue weighted by atomic mass is 10.1. The topological polar surface area (TPSA) is 62.2 Å². The first-order valence-corrected chi connectivity index (χ1v) is 10.2. The van der Waals surface area contributed by atoms with Crippen molar-refractivity contribution in [1.29, 1.82) is 0 Å². The van der Waals surface area contributed by atoms with Crippen LogP contribution in [0.1, 0.15) is 58.2 Å².